The van der Waals surface area contributed by atoms with Crippen LogP contribution in [0.5, 0.6) is 0 Å². The van der Waals surface area contributed by atoms with Crippen molar-refractivity contribution in [2.24, 2.45) is 34.0 Å². The first-order valence-electron chi connectivity index (χ1n) is 8.95. The highest BCUT2D eigenvalue weighted by Crippen LogP contribution is 2.66. The molecule has 1 N–H and O–H groups in total. The predicted octanol–water partition coefficient (Wildman–Crippen LogP) is 1.84. The second-order valence-electron chi connectivity index (χ2n) is 8.80. The smallest absolute Gasteiger partial charge is 0.323 e. The summed E-state index contributed by atoms with van der Waals surface area (Å²) < 4.78 is 5.51. The van der Waals surface area contributed by atoms with Crippen molar-refractivity contribution in [1.82, 2.24) is 0 Å². The zero-order valence-electron chi connectivity index (χ0n) is 14.7. The van der Waals surface area contributed by atoms with E-state index in [0.29, 0.717) is 18.4 Å². The lowest BCUT2D eigenvalue weighted by atomic mass is 9.46. The average molecular weight is 344 g/mol. The van der Waals surface area contributed by atoms with Gasteiger partial charge in [0.05, 0.1) is 6.10 Å². The predicted molar refractivity (Wildman–Crippen MR) is 89.3 cm³/mol. The molecule has 2 saturated carbocycles. The number of aliphatic hydroxyl groups excluding tert-OH is 1. The monoisotopic (exact) mass is 344 g/mol. The van der Waals surface area contributed by atoms with E-state index in [1.54, 1.807) is 0 Å². The van der Waals surface area contributed by atoms with Gasteiger partial charge in [0.15, 0.2) is 11.2 Å². The van der Waals surface area contributed by atoms with Crippen LogP contribution in [-0.4, -0.2) is 35.9 Å². The maximum atomic E-state index is 13.1. The van der Waals surface area contributed by atoms with Crippen molar-refractivity contribution < 1.29 is 24.2 Å². The van der Waals surface area contributed by atoms with Crippen LogP contribution in [0, 0.1) is 34.0 Å². The minimum absolute atomic E-state index is 0.0821. The number of hydrogen-bond acceptors (Lipinski definition) is 5. The number of ketones is 1. The van der Waals surface area contributed by atoms with E-state index in [9.17, 15) is 19.5 Å². The van der Waals surface area contributed by atoms with Gasteiger partial charge < -0.3 is 14.6 Å². The topological polar surface area (TPSA) is 80.7 Å². The molecule has 6 atom stereocenters. The molecule has 4 rings (SSSR count). The van der Waals surface area contributed by atoms with Gasteiger partial charge in [-0.05, 0) is 36.2 Å². The Morgan fingerprint density at radius 1 is 1.32 bits per heavy atom. The SMILES string of the molecule is C=C1C(=O)[C@@]23C(=O)OC[C@]4(C=CCC(C)(C)[C@H]4C=O)[C@@H]2CC[C@@H]1[C@H]3O. The fourth-order valence-corrected chi connectivity index (χ4v) is 6.13. The van der Waals surface area contributed by atoms with Crippen molar-refractivity contribution in [2.45, 2.75) is 39.2 Å². The number of hydrogen-bond donors (Lipinski definition) is 1. The Morgan fingerprint density at radius 3 is 2.72 bits per heavy atom. The maximum absolute atomic E-state index is 13.1. The molecule has 5 heteroatoms. The molecule has 0 amide bonds. The summed E-state index contributed by atoms with van der Waals surface area (Å²) in [7, 11) is 0. The number of aldehydes is 1. The number of cyclic esters (lactones) is 1. The number of fused-ring (bicyclic) bond motifs is 2. The Balaban J connectivity index is 1.94. The molecule has 1 heterocycles. The summed E-state index contributed by atoms with van der Waals surface area (Å²) in [5.74, 6) is -2.25. The van der Waals surface area contributed by atoms with Crippen LogP contribution >= 0.6 is 0 Å². The van der Waals surface area contributed by atoms with Gasteiger partial charge in [0.2, 0.25) is 0 Å². The van der Waals surface area contributed by atoms with Crippen LogP contribution in [0.1, 0.15) is 33.1 Å². The lowest BCUT2D eigenvalue weighted by Gasteiger charge is -2.58. The molecule has 5 nitrogen and oxygen atoms in total. The molecule has 0 aromatic heterocycles. The molecular formula is C20H24O5. The van der Waals surface area contributed by atoms with E-state index in [-0.39, 0.29) is 23.9 Å². The number of carbonyl (C=O) groups excluding carboxylic acids is 3. The summed E-state index contributed by atoms with van der Waals surface area (Å²) in [5, 5.41) is 10.9. The Hall–Kier alpha value is -1.75. The molecule has 0 radical (unpaired) electrons. The number of Topliss-reactive ketones (excluding diaryl/α,β-unsaturated/α-hetero) is 1. The van der Waals surface area contributed by atoms with Gasteiger partial charge in [-0.25, -0.2) is 0 Å². The molecule has 1 saturated heterocycles. The molecule has 2 spiro atoms. The minimum atomic E-state index is -1.60. The van der Waals surface area contributed by atoms with Gasteiger partial charge in [-0.1, -0.05) is 32.6 Å². The van der Waals surface area contributed by atoms with E-state index in [4.69, 9.17) is 4.74 Å². The first-order chi connectivity index (χ1) is 11.7. The zero-order chi connectivity index (χ0) is 18.2. The van der Waals surface area contributed by atoms with Crippen molar-refractivity contribution in [3.8, 4) is 0 Å². The number of rotatable bonds is 1. The molecule has 25 heavy (non-hydrogen) atoms. The van der Waals surface area contributed by atoms with Crippen LogP contribution in [0.25, 0.3) is 0 Å². The van der Waals surface area contributed by atoms with Crippen molar-refractivity contribution >= 4 is 18.0 Å². The summed E-state index contributed by atoms with van der Waals surface area (Å²) >= 11 is 0. The summed E-state index contributed by atoms with van der Waals surface area (Å²) in [6.07, 6.45) is 5.79. The quantitative estimate of drug-likeness (QED) is 0.258. The second kappa shape index (κ2) is 4.91. The van der Waals surface area contributed by atoms with Crippen LogP contribution in [0.2, 0.25) is 0 Å². The molecule has 4 aliphatic rings. The molecule has 0 unspecified atom stereocenters. The van der Waals surface area contributed by atoms with Gasteiger partial charge in [0.1, 0.15) is 12.9 Å². The fourth-order valence-electron chi connectivity index (χ4n) is 6.13. The summed E-state index contributed by atoms with van der Waals surface area (Å²) in [5.41, 5.74) is -2.33. The van der Waals surface area contributed by atoms with Crippen LogP contribution in [0.4, 0.5) is 0 Å². The molecule has 0 aromatic carbocycles. The lowest BCUT2D eigenvalue weighted by molar-refractivity contribution is -0.211. The van der Waals surface area contributed by atoms with Gasteiger partial charge in [-0.2, -0.15) is 0 Å². The first-order valence-corrected chi connectivity index (χ1v) is 8.95. The van der Waals surface area contributed by atoms with Crippen LogP contribution < -0.4 is 0 Å². The standard InChI is InChI=1S/C20H24O5/c1-11-12-5-6-13-19(8-4-7-18(2,3)14(19)9-21)10-25-17(24)20(13,15(11)22)16(12)23/h4,8-9,12-14,16,23H,1,5-7,10H2,2-3H3/t12-,13-,14+,16+,19+,20-/m0/s1. The van der Waals surface area contributed by atoms with E-state index >= 15 is 0 Å². The highest BCUT2D eigenvalue weighted by atomic mass is 16.5. The molecule has 3 aliphatic carbocycles. The summed E-state index contributed by atoms with van der Waals surface area (Å²) in [6.45, 7) is 7.98. The van der Waals surface area contributed by atoms with E-state index in [0.717, 1.165) is 12.7 Å². The third-order valence-electron chi connectivity index (χ3n) is 7.35. The Kier molecular flexibility index (Phi) is 3.28. The van der Waals surface area contributed by atoms with Crippen molar-refractivity contribution in [2.75, 3.05) is 6.61 Å². The number of carbonyl (C=O) groups is 3. The molecule has 1 aliphatic heterocycles. The van der Waals surface area contributed by atoms with E-state index in [2.05, 4.69) is 6.58 Å². The Labute approximate surface area is 147 Å². The largest absolute Gasteiger partial charge is 0.464 e. The van der Waals surface area contributed by atoms with Crippen molar-refractivity contribution in [3.05, 3.63) is 24.3 Å². The third kappa shape index (κ3) is 1.70. The molecule has 134 valence electrons. The van der Waals surface area contributed by atoms with Crippen molar-refractivity contribution in [3.63, 3.8) is 0 Å². The van der Waals surface area contributed by atoms with E-state index in [1.807, 2.05) is 26.0 Å². The van der Waals surface area contributed by atoms with Crippen LogP contribution in [0.15, 0.2) is 24.3 Å². The Morgan fingerprint density at radius 2 is 2.04 bits per heavy atom. The molecule has 2 bridgehead atoms. The first kappa shape index (κ1) is 16.7. The number of ether oxygens (including phenoxy) is 1. The van der Waals surface area contributed by atoms with Gasteiger partial charge in [0.25, 0.3) is 0 Å². The van der Waals surface area contributed by atoms with Gasteiger partial charge in [-0.15, -0.1) is 0 Å². The highest BCUT2D eigenvalue weighted by molar-refractivity contribution is 6.16. The molecule has 3 fully saturated rings. The highest BCUT2D eigenvalue weighted by Gasteiger charge is 2.75. The van der Waals surface area contributed by atoms with Gasteiger partial charge >= 0.3 is 5.97 Å². The Bertz CT molecular complexity index is 720. The number of aliphatic hydroxyl groups is 1. The van der Waals surface area contributed by atoms with E-state index < -0.39 is 34.6 Å². The zero-order valence-corrected chi connectivity index (χ0v) is 14.7. The van der Waals surface area contributed by atoms with Crippen LogP contribution in [0.3, 0.4) is 0 Å². The normalized spacial score (nSPS) is 47.6. The summed E-state index contributed by atoms with van der Waals surface area (Å²) in [4.78, 5) is 38.0. The van der Waals surface area contributed by atoms with Gasteiger partial charge in [-0.3, -0.25) is 9.59 Å². The van der Waals surface area contributed by atoms with Crippen molar-refractivity contribution in [1.29, 1.82) is 0 Å². The average Bonchev–Trinajstić information content (AvgIpc) is 2.67. The lowest BCUT2D eigenvalue weighted by Crippen LogP contribution is -2.66. The minimum Gasteiger partial charge on any atom is -0.464 e. The van der Waals surface area contributed by atoms with Crippen LogP contribution in [-0.2, 0) is 19.1 Å². The summed E-state index contributed by atoms with van der Waals surface area (Å²) in [6, 6.07) is 0. The van der Waals surface area contributed by atoms with Gasteiger partial charge in [0, 0.05) is 17.3 Å². The number of allylic oxidation sites excluding steroid dienone is 1. The maximum Gasteiger partial charge on any atom is 0.323 e. The number of esters is 1. The fraction of sp³-hybridized carbons (Fsp3) is 0.650. The molecular weight excluding hydrogens is 320 g/mol. The van der Waals surface area contributed by atoms with E-state index in [1.165, 1.54) is 0 Å². The second-order valence-corrected chi connectivity index (χ2v) is 8.80. The molecule has 0 aromatic rings. The third-order valence-corrected chi connectivity index (χ3v) is 7.35.